The number of aromatic nitrogens is 2. The molecule has 2 aromatic carbocycles. The Morgan fingerprint density at radius 1 is 1.13 bits per heavy atom. The minimum absolute atomic E-state index is 0.000967. The smallest absolute Gasteiger partial charge is 0.322 e. The van der Waals surface area contributed by atoms with E-state index in [0.29, 0.717) is 16.4 Å². The first-order valence-corrected chi connectivity index (χ1v) is 9.48. The normalized spacial score (nSPS) is 15.9. The van der Waals surface area contributed by atoms with Crippen molar-refractivity contribution in [2.24, 2.45) is 5.92 Å². The second kappa shape index (κ2) is 8.46. The molecule has 2 heterocycles. The predicted octanol–water partition coefficient (Wildman–Crippen LogP) is 4.05. The highest BCUT2D eigenvalue weighted by Gasteiger charge is 2.35. The Hall–Kier alpha value is -3.52. The highest BCUT2D eigenvalue weighted by molar-refractivity contribution is 6.30. The average molecular weight is 427 g/mol. The molecule has 4 rings (SSSR count). The zero-order valence-corrected chi connectivity index (χ0v) is 16.3. The van der Waals surface area contributed by atoms with Crippen molar-refractivity contribution in [2.45, 2.75) is 6.42 Å². The summed E-state index contributed by atoms with van der Waals surface area (Å²) in [6, 6.07) is 12.7. The minimum Gasteiger partial charge on any atom is -0.421 e. The van der Waals surface area contributed by atoms with Gasteiger partial charge in [0.2, 0.25) is 11.8 Å². The van der Waals surface area contributed by atoms with Crippen molar-refractivity contribution in [1.82, 2.24) is 9.97 Å². The third-order valence-electron chi connectivity index (χ3n) is 4.57. The topological polar surface area (TPSA) is 84.4 Å². The van der Waals surface area contributed by atoms with E-state index in [-0.39, 0.29) is 36.5 Å². The van der Waals surface area contributed by atoms with Gasteiger partial charge in [-0.3, -0.25) is 9.59 Å². The molecule has 1 N–H and O–H groups in total. The molecule has 0 spiro atoms. The Labute approximate surface area is 176 Å². The van der Waals surface area contributed by atoms with Crippen LogP contribution in [0.25, 0.3) is 0 Å². The van der Waals surface area contributed by atoms with Crippen molar-refractivity contribution in [1.29, 1.82) is 0 Å². The van der Waals surface area contributed by atoms with E-state index >= 15 is 0 Å². The van der Waals surface area contributed by atoms with Crippen molar-refractivity contribution in [2.75, 3.05) is 16.8 Å². The zero-order valence-electron chi connectivity index (χ0n) is 15.6. The van der Waals surface area contributed by atoms with Crippen molar-refractivity contribution in [3.8, 4) is 11.8 Å². The third-order valence-corrected chi connectivity index (χ3v) is 4.82. The van der Waals surface area contributed by atoms with Crippen LogP contribution in [-0.2, 0) is 9.59 Å². The van der Waals surface area contributed by atoms with E-state index in [9.17, 15) is 14.0 Å². The molecule has 1 atom stereocenters. The van der Waals surface area contributed by atoms with Crippen molar-refractivity contribution in [3.05, 3.63) is 71.8 Å². The molecular formula is C21H16ClFN4O3. The van der Waals surface area contributed by atoms with Crippen LogP contribution in [0.5, 0.6) is 11.8 Å². The Morgan fingerprint density at radius 3 is 2.53 bits per heavy atom. The first-order chi connectivity index (χ1) is 14.5. The second-order valence-electron chi connectivity index (χ2n) is 6.66. The maximum absolute atomic E-state index is 13.6. The Kier molecular flexibility index (Phi) is 5.58. The number of hydrogen-bond donors (Lipinski definition) is 1. The van der Waals surface area contributed by atoms with Crippen LogP contribution < -0.4 is 15.0 Å². The van der Waals surface area contributed by atoms with Crippen molar-refractivity contribution in [3.63, 3.8) is 0 Å². The highest BCUT2D eigenvalue weighted by Crippen LogP contribution is 2.27. The zero-order chi connectivity index (χ0) is 21.1. The van der Waals surface area contributed by atoms with Crippen LogP contribution in [-0.4, -0.2) is 28.3 Å². The predicted molar refractivity (Wildman–Crippen MR) is 109 cm³/mol. The molecule has 0 saturated carbocycles. The fourth-order valence-corrected chi connectivity index (χ4v) is 3.18. The van der Waals surface area contributed by atoms with Gasteiger partial charge in [-0.1, -0.05) is 23.7 Å². The lowest BCUT2D eigenvalue weighted by molar-refractivity contribution is -0.122. The van der Waals surface area contributed by atoms with Crippen molar-refractivity contribution < 1.29 is 18.7 Å². The number of carbonyl (C=O) groups is 2. The number of rotatable bonds is 5. The van der Waals surface area contributed by atoms with Crippen LogP contribution in [0.4, 0.5) is 15.8 Å². The van der Waals surface area contributed by atoms with E-state index in [1.165, 1.54) is 24.5 Å². The van der Waals surface area contributed by atoms with E-state index < -0.39 is 11.7 Å². The van der Waals surface area contributed by atoms with Gasteiger partial charge in [0, 0.05) is 23.7 Å². The molecule has 1 aliphatic rings. The molecule has 152 valence electrons. The average Bonchev–Trinajstić information content (AvgIpc) is 3.13. The van der Waals surface area contributed by atoms with Gasteiger partial charge in [-0.15, -0.1) is 0 Å². The molecular weight excluding hydrogens is 411 g/mol. The number of anilines is 2. The van der Waals surface area contributed by atoms with E-state index in [0.717, 1.165) is 0 Å². The standard InChI is InChI=1S/C21H16ClFN4O3/c22-14-5-7-16(8-6-14)27-12-13(9-19(27)28)20(29)26-15-10-24-21(25-11-15)30-18-4-2-1-3-17(18)23/h1-8,10-11,13H,9,12H2,(H,26,29). The summed E-state index contributed by atoms with van der Waals surface area (Å²) in [5, 5.41) is 3.27. The van der Waals surface area contributed by atoms with Gasteiger partial charge in [-0.2, -0.15) is 0 Å². The summed E-state index contributed by atoms with van der Waals surface area (Å²) in [5.41, 5.74) is 1.04. The summed E-state index contributed by atoms with van der Waals surface area (Å²) < 4.78 is 18.9. The number of benzene rings is 2. The third kappa shape index (κ3) is 4.38. The molecule has 1 fully saturated rings. The molecule has 30 heavy (non-hydrogen) atoms. The molecule has 1 unspecified atom stereocenters. The number of ether oxygens (including phenoxy) is 1. The van der Waals surface area contributed by atoms with E-state index in [1.807, 2.05) is 0 Å². The first-order valence-electron chi connectivity index (χ1n) is 9.11. The lowest BCUT2D eigenvalue weighted by Gasteiger charge is -2.16. The highest BCUT2D eigenvalue weighted by atomic mass is 35.5. The first kappa shape index (κ1) is 19.8. The van der Waals surface area contributed by atoms with E-state index in [4.69, 9.17) is 16.3 Å². The van der Waals surface area contributed by atoms with Gasteiger partial charge in [0.25, 0.3) is 0 Å². The Morgan fingerprint density at radius 2 is 1.83 bits per heavy atom. The fourth-order valence-electron chi connectivity index (χ4n) is 3.06. The Bertz CT molecular complexity index is 1080. The number of nitrogens with zero attached hydrogens (tertiary/aromatic N) is 3. The van der Waals surface area contributed by atoms with E-state index in [2.05, 4.69) is 15.3 Å². The largest absolute Gasteiger partial charge is 0.421 e. The summed E-state index contributed by atoms with van der Waals surface area (Å²) in [4.78, 5) is 34.4. The number of para-hydroxylation sites is 1. The molecule has 0 bridgehead atoms. The number of nitrogens with one attached hydrogen (secondary N) is 1. The molecule has 1 aromatic heterocycles. The fraction of sp³-hybridized carbons (Fsp3) is 0.143. The van der Waals surface area contributed by atoms with Crippen LogP contribution in [0.2, 0.25) is 5.02 Å². The molecule has 0 radical (unpaired) electrons. The van der Waals surface area contributed by atoms with Gasteiger partial charge in [0.05, 0.1) is 24.0 Å². The van der Waals surface area contributed by atoms with Crippen LogP contribution >= 0.6 is 11.6 Å². The summed E-state index contributed by atoms with van der Waals surface area (Å²) in [6.07, 6.45) is 2.81. The maximum atomic E-state index is 13.6. The number of hydrogen-bond acceptors (Lipinski definition) is 5. The molecule has 0 aliphatic carbocycles. The summed E-state index contributed by atoms with van der Waals surface area (Å²) in [7, 11) is 0. The number of amides is 2. The molecule has 7 nitrogen and oxygen atoms in total. The molecule has 2 amide bonds. The molecule has 9 heteroatoms. The second-order valence-corrected chi connectivity index (χ2v) is 7.09. The van der Waals surface area contributed by atoms with Gasteiger partial charge in [-0.25, -0.2) is 14.4 Å². The maximum Gasteiger partial charge on any atom is 0.322 e. The van der Waals surface area contributed by atoms with Gasteiger partial charge in [0.15, 0.2) is 11.6 Å². The van der Waals surface area contributed by atoms with Gasteiger partial charge in [-0.05, 0) is 36.4 Å². The molecule has 3 aromatic rings. The van der Waals surface area contributed by atoms with E-state index in [1.54, 1.807) is 41.3 Å². The minimum atomic E-state index is -0.533. The Balaban J connectivity index is 1.37. The lowest BCUT2D eigenvalue weighted by Crippen LogP contribution is -2.28. The van der Waals surface area contributed by atoms with Gasteiger partial charge >= 0.3 is 6.01 Å². The van der Waals surface area contributed by atoms with Crippen LogP contribution in [0, 0.1) is 11.7 Å². The SMILES string of the molecule is O=C(Nc1cnc(Oc2ccccc2F)nc1)C1CC(=O)N(c2ccc(Cl)cc2)C1. The molecule has 1 saturated heterocycles. The van der Waals surface area contributed by atoms with Gasteiger partial charge in [0.1, 0.15) is 0 Å². The summed E-state index contributed by atoms with van der Waals surface area (Å²) in [5.74, 6) is -1.49. The quantitative estimate of drug-likeness (QED) is 0.665. The van der Waals surface area contributed by atoms with Crippen LogP contribution in [0.1, 0.15) is 6.42 Å². The number of halogens is 2. The monoisotopic (exact) mass is 426 g/mol. The van der Waals surface area contributed by atoms with Gasteiger partial charge < -0.3 is 15.0 Å². The van der Waals surface area contributed by atoms with Crippen LogP contribution in [0.3, 0.4) is 0 Å². The number of carbonyl (C=O) groups excluding carboxylic acids is 2. The van der Waals surface area contributed by atoms with Crippen LogP contribution in [0.15, 0.2) is 60.9 Å². The molecule has 1 aliphatic heterocycles. The lowest BCUT2D eigenvalue weighted by atomic mass is 10.1. The van der Waals surface area contributed by atoms with Crippen molar-refractivity contribution >= 4 is 34.8 Å². The summed E-state index contributed by atoms with van der Waals surface area (Å²) in [6.45, 7) is 0.266. The summed E-state index contributed by atoms with van der Waals surface area (Å²) >= 11 is 5.88.